The molecule has 0 fully saturated rings. The number of ketones is 1. The van der Waals surface area contributed by atoms with Crippen LogP contribution in [0.1, 0.15) is 23.6 Å². The van der Waals surface area contributed by atoms with Gasteiger partial charge in [-0.2, -0.15) is 0 Å². The second kappa shape index (κ2) is 6.38. The molecule has 5 heteroatoms. The van der Waals surface area contributed by atoms with Crippen molar-refractivity contribution in [2.75, 3.05) is 6.61 Å². The van der Waals surface area contributed by atoms with Gasteiger partial charge in [-0.05, 0) is 38.0 Å². The van der Waals surface area contributed by atoms with E-state index in [1.807, 2.05) is 6.92 Å². The average molecular weight is 283 g/mol. The molecule has 1 N–H and O–H groups in total. The van der Waals surface area contributed by atoms with Crippen LogP contribution in [0.4, 0.5) is 0 Å². The molecule has 19 heavy (non-hydrogen) atoms. The molecule has 0 bridgehead atoms. The summed E-state index contributed by atoms with van der Waals surface area (Å²) in [5.74, 6) is -2.21. The number of hydrogen-bond acceptors (Lipinski definition) is 4. The Balaban J connectivity index is 3.06. The summed E-state index contributed by atoms with van der Waals surface area (Å²) in [4.78, 5) is 22.6. The number of carbonyl (C=O) groups excluding carboxylic acids is 2. The van der Waals surface area contributed by atoms with E-state index in [4.69, 9.17) is 11.6 Å². The van der Waals surface area contributed by atoms with Crippen LogP contribution in [-0.4, -0.2) is 23.5 Å². The fraction of sp³-hybridized carbons (Fsp3) is 0.286. The minimum Gasteiger partial charge on any atom is -0.507 e. The van der Waals surface area contributed by atoms with Crippen molar-refractivity contribution in [3.63, 3.8) is 0 Å². The predicted molar refractivity (Wildman–Crippen MR) is 73.2 cm³/mol. The molecule has 0 spiro atoms. The molecule has 0 saturated carbocycles. The molecule has 0 aliphatic heterocycles. The first kappa shape index (κ1) is 15.2. The second-order valence-electron chi connectivity index (χ2n) is 4.03. The molecule has 1 aromatic rings. The number of rotatable bonds is 4. The molecule has 0 aliphatic rings. The molecule has 102 valence electrons. The van der Waals surface area contributed by atoms with E-state index in [0.29, 0.717) is 10.6 Å². The summed E-state index contributed by atoms with van der Waals surface area (Å²) in [7, 11) is 0. The minimum atomic E-state index is -0.995. The van der Waals surface area contributed by atoms with Gasteiger partial charge in [0, 0.05) is 16.7 Å². The zero-order chi connectivity index (χ0) is 14.6. The Bertz CT molecular complexity index is 547. The number of ether oxygens (including phenoxy) is 1. The van der Waals surface area contributed by atoms with Gasteiger partial charge >= 0.3 is 5.97 Å². The van der Waals surface area contributed by atoms with Crippen molar-refractivity contribution in [2.24, 2.45) is 0 Å². The number of esters is 1. The Kier molecular flexibility index (Phi) is 5.12. The van der Waals surface area contributed by atoms with Gasteiger partial charge in [0.1, 0.15) is 5.76 Å². The topological polar surface area (TPSA) is 63.6 Å². The highest BCUT2D eigenvalue weighted by molar-refractivity contribution is 6.39. The van der Waals surface area contributed by atoms with Crippen molar-refractivity contribution in [1.29, 1.82) is 0 Å². The highest BCUT2D eigenvalue weighted by Crippen LogP contribution is 2.24. The number of benzene rings is 1. The highest BCUT2D eigenvalue weighted by Gasteiger charge is 2.15. The van der Waals surface area contributed by atoms with Gasteiger partial charge in [-0.25, -0.2) is 4.79 Å². The predicted octanol–water partition coefficient (Wildman–Crippen LogP) is 2.99. The maximum Gasteiger partial charge on any atom is 0.379 e. The molecule has 0 saturated heterocycles. The van der Waals surface area contributed by atoms with Gasteiger partial charge in [-0.15, -0.1) is 0 Å². The van der Waals surface area contributed by atoms with E-state index in [1.165, 1.54) is 0 Å². The smallest absolute Gasteiger partial charge is 0.379 e. The Morgan fingerprint density at radius 3 is 2.53 bits per heavy atom. The molecular formula is C14H15ClO4. The molecule has 0 radical (unpaired) electrons. The van der Waals surface area contributed by atoms with Gasteiger partial charge in [-0.3, -0.25) is 4.79 Å². The molecule has 1 rings (SSSR count). The van der Waals surface area contributed by atoms with E-state index < -0.39 is 11.8 Å². The van der Waals surface area contributed by atoms with Crippen LogP contribution in [0.2, 0.25) is 5.02 Å². The van der Waals surface area contributed by atoms with Gasteiger partial charge in [-0.1, -0.05) is 17.7 Å². The van der Waals surface area contributed by atoms with Crippen LogP contribution in [0.5, 0.6) is 0 Å². The summed E-state index contributed by atoms with van der Waals surface area (Å²) in [5, 5.41) is 10.4. The van der Waals surface area contributed by atoms with Crippen molar-refractivity contribution in [3.05, 3.63) is 39.9 Å². The molecular weight excluding hydrogens is 268 g/mol. The number of aliphatic hydroxyl groups is 1. The molecule has 0 aromatic heterocycles. The summed E-state index contributed by atoms with van der Waals surface area (Å²) < 4.78 is 4.54. The molecule has 4 nitrogen and oxygen atoms in total. The summed E-state index contributed by atoms with van der Waals surface area (Å²) in [6, 6.07) is 3.34. The van der Waals surface area contributed by atoms with Crippen LogP contribution in [0.3, 0.4) is 0 Å². The lowest BCUT2D eigenvalue weighted by Crippen LogP contribution is -2.15. The second-order valence-corrected chi connectivity index (χ2v) is 4.44. The third-order valence-electron chi connectivity index (χ3n) is 2.53. The van der Waals surface area contributed by atoms with Gasteiger partial charge in [0.05, 0.1) is 6.61 Å². The van der Waals surface area contributed by atoms with Gasteiger partial charge in [0.15, 0.2) is 0 Å². The van der Waals surface area contributed by atoms with Gasteiger partial charge in [0.25, 0.3) is 5.78 Å². The summed E-state index contributed by atoms with van der Waals surface area (Å²) in [6.07, 6.45) is 0.839. The van der Waals surface area contributed by atoms with Crippen molar-refractivity contribution < 1.29 is 19.4 Å². The Morgan fingerprint density at radius 2 is 1.95 bits per heavy atom. The zero-order valence-electron chi connectivity index (χ0n) is 11.0. The lowest BCUT2D eigenvalue weighted by atomic mass is 10.0. The average Bonchev–Trinajstić information content (AvgIpc) is 2.33. The number of aryl methyl sites for hydroxylation is 2. The Morgan fingerprint density at radius 1 is 1.32 bits per heavy atom. The van der Waals surface area contributed by atoms with E-state index >= 15 is 0 Å². The first-order chi connectivity index (χ1) is 8.86. The third kappa shape index (κ3) is 3.83. The van der Waals surface area contributed by atoms with Crippen LogP contribution in [0, 0.1) is 13.8 Å². The molecule has 0 amide bonds. The molecule has 1 aromatic carbocycles. The molecule has 0 unspecified atom stereocenters. The van der Waals surface area contributed by atoms with Crippen LogP contribution in [0.15, 0.2) is 18.2 Å². The number of carbonyl (C=O) groups is 2. The number of aliphatic hydroxyl groups excluding tert-OH is 1. The summed E-state index contributed by atoms with van der Waals surface area (Å²) in [5.41, 5.74) is 2.04. The Hall–Kier alpha value is -1.81. The lowest BCUT2D eigenvalue weighted by Gasteiger charge is -2.08. The van der Waals surface area contributed by atoms with Gasteiger partial charge < -0.3 is 9.84 Å². The van der Waals surface area contributed by atoms with Crippen molar-refractivity contribution in [3.8, 4) is 0 Å². The summed E-state index contributed by atoms with van der Waals surface area (Å²) >= 11 is 5.96. The normalized spacial score (nSPS) is 11.3. The first-order valence-electron chi connectivity index (χ1n) is 5.75. The first-order valence-corrected chi connectivity index (χ1v) is 6.13. The maximum absolute atomic E-state index is 11.4. The molecule has 0 aliphatic carbocycles. The zero-order valence-corrected chi connectivity index (χ0v) is 11.7. The van der Waals surface area contributed by atoms with E-state index in [9.17, 15) is 14.7 Å². The number of halogens is 1. The van der Waals surface area contributed by atoms with Crippen LogP contribution >= 0.6 is 11.6 Å². The summed E-state index contributed by atoms with van der Waals surface area (Å²) in [6.45, 7) is 5.31. The highest BCUT2D eigenvalue weighted by atomic mass is 35.5. The third-order valence-corrected chi connectivity index (χ3v) is 2.93. The fourth-order valence-electron chi connectivity index (χ4n) is 1.56. The van der Waals surface area contributed by atoms with E-state index in [1.54, 1.807) is 26.0 Å². The molecule has 0 atom stereocenters. The van der Waals surface area contributed by atoms with Crippen LogP contribution in [-0.2, 0) is 14.3 Å². The Labute approximate surface area is 116 Å². The lowest BCUT2D eigenvalue weighted by molar-refractivity contribution is -0.151. The quantitative estimate of drug-likeness (QED) is 0.399. The van der Waals surface area contributed by atoms with Crippen molar-refractivity contribution in [1.82, 2.24) is 0 Å². The molecule has 0 heterocycles. The van der Waals surface area contributed by atoms with Gasteiger partial charge in [0.2, 0.25) is 0 Å². The van der Waals surface area contributed by atoms with Crippen molar-refractivity contribution in [2.45, 2.75) is 20.8 Å². The fourth-order valence-corrected chi connectivity index (χ4v) is 1.73. The van der Waals surface area contributed by atoms with Crippen LogP contribution in [0.25, 0.3) is 5.76 Å². The minimum absolute atomic E-state index is 0.106. The van der Waals surface area contributed by atoms with E-state index in [2.05, 4.69) is 4.74 Å². The van der Waals surface area contributed by atoms with E-state index in [-0.39, 0.29) is 12.4 Å². The maximum atomic E-state index is 11.4. The van der Waals surface area contributed by atoms with E-state index in [0.717, 1.165) is 17.2 Å². The monoisotopic (exact) mass is 282 g/mol. The SMILES string of the molecule is CCOC(=O)C(=O)/C=C(\O)c1cc(Cl)c(C)cc1C. The standard InChI is InChI=1S/C14H15ClO4/c1-4-19-14(18)13(17)7-12(16)10-6-11(15)9(3)5-8(10)2/h5-7,16H,4H2,1-3H3/b12-7-. The largest absolute Gasteiger partial charge is 0.507 e. The van der Waals surface area contributed by atoms with Crippen molar-refractivity contribution >= 4 is 29.1 Å². The van der Waals surface area contributed by atoms with Crippen LogP contribution < -0.4 is 0 Å². The number of hydrogen-bond donors (Lipinski definition) is 1.